The van der Waals surface area contributed by atoms with E-state index in [9.17, 15) is 4.79 Å². The smallest absolute Gasteiger partial charge is 0.407 e. The highest BCUT2D eigenvalue weighted by molar-refractivity contribution is 5.68. The van der Waals surface area contributed by atoms with Gasteiger partial charge in [0.25, 0.3) is 0 Å². The normalized spacial score (nSPS) is 15.8. The van der Waals surface area contributed by atoms with Crippen LogP contribution in [-0.4, -0.2) is 45.7 Å². The van der Waals surface area contributed by atoms with E-state index in [-0.39, 0.29) is 12.1 Å². The molecule has 0 unspecified atom stereocenters. The minimum Gasteiger partial charge on any atom is -0.444 e. The second-order valence-corrected chi connectivity index (χ2v) is 8.72. The van der Waals surface area contributed by atoms with E-state index >= 15 is 0 Å². The highest BCUT2D eigenvalue weighted by Crippen LogP contribution is 2.15. The maximum atomic E-state index is 11.9. The van der Waals surface area contributed by atoms with Crippen molar-refractivity contribution in [3.05, 3.63) is 59.7 Å². The summed E-state index contributed by atoms with van der Waals surface area (Å²) in [5, 5.41) is 2.99. The summed E-state index contributed by atoms with van der Waals surface area (Å²) < 4.78 is 5.35. The zero-order chi connectivity index (χ0) is 20.7. The molecule has 1 aliphatic rings. The molecular weight excluding hydrogens is 364 g/mol. The number of ether oxygens (including phenoxy) is 1. The number of carbonyl (C=O) groups is 1. The number of aryl methyl sites for hydroxylation is 2. The summed E-state index contributed by atoms with van der Waals surface area (Å²) in [4.78, 5) is 23.1. The van der Waals surface area contributed by atoms with Crippen molar-refractivity contribution in [2.75, 3.05) is 13.1 Å². The van der Waals surface area contributed by atoms with Crippen molar-refractivity contribution in [2.45, 2.75) is 64.6 Å². The van der Waals surface area contributed by atoms with Gasteiger partial charge in [-0.05, 0) is 69.7 Å². The largest absolute Gasteiger partial charge is 0.444 e. The lowest BCUT2D eigenvalue weighted by molar-refractivity contribution is 0.0477. The van der Waals surface area contributed by atoms with Crippen LogP contribution < -0.4 is 5.32 Å². The zero-order valence-electron chi connectivity index (χ0n) is 17.7. The molecule has 6 nitrogen and oxygen atoms in total. The van der Waals surface area contributed by atoms with Gasteiger partial charge in [0.15, 0.2) is 0 Å². The van der Waals surface area contributed by atoms with E-state index in [1.54, 1.807) is 6.20 Å². The Morgan fingerprint density at radius 2 is 1.93 bits per heavy atom. The number of piperidine rings is 1. The molecule has 1 saturated heterocycles. The van der Waals surface area contributed by atoms with Crippen molar-refractivity contribution in [3.63, 3.8) is 0 Å². The van der Waals surface area contributed by atoms with Crippen molar-refractivity contribution >= 4 is 6.09 Å². The van der Waals surface area contributed by atoms with E-state index in [4.69, 9.17) is 4.74 Å². The van der Waals surface area contributed by atoms with Gasteiger partial charge in [0, 0.05) is 50.0 Å². The second-order valence-electron chi connectivity index (χ2n) is 8.72. The Balaban J connectivity index is 1.39. The fourth-order valence-corrected chi connectivity index (χ4v) is 3.48. The van der Waals surface area contributed by atoms with Gasteiger partial charge in [-0.1, -0.05) is 12.1 Å². The summed E-state index contributed by atoms with van der Waals surface area (Å²) in [7, 11) is 0. The first kappa shape index (κ1) is 21.2. The van der Waals surface area contributed by atoms with Gasteiger partial charge < -0.3 is 10.1 Å². The zero-order valence-corrected chi connectivity index (χ0v) is 17.7. The average molecular weight is 397 g/mol. The number of pyridine rings is 2. The fourth-order valence-electron chi connectivity index (χ4n) is 3.48. The van der Waals surface area contributed by atoms with Crippen molar-refractivity contribution < 1.29 is 9.53 Å². The molecule has 0 atom stereocenters. The molecule has 1 N–H and O–H groups in total. The van der Waals surface area contributed by atoms with E-state index < -0.39 is 5.60 Å². The maximum Gasteiger partial charge on any atom is 0.407 e. The third-order valence-corrected chi connectivity index (χ3v) is 4.99. The fraction of sp³-hybridized carbons (Fsp3) is 0.522. The Morgan fingerprint density at radius 3 is 2.55 bits per heavy atom. The van der Waals surface area contributed by atoms with Crippen LogP contribution >= 0.6 is 0 Å². The molecule has 1 amide bonds. The lowest BCUT2D eigenvalue weighted by Crippen LogP contribution is -2.45. The summed E-state index contributed by atoms with van der Waals surface area (Å²) in [6.07, 6.45) is 9.14. The van der Waals surface area contributed by atoms with Gasteiger partial charge in [-0.15, -0.1) is 0 Å². The molecule has 0 saturated carbocycles. The maximum absolute atomic E-state index is 11.9. The first-order chi connectivity index (χ1) is 13.9. The predicted molar refractivity (Wildman–Crippen MR) is 114 cm³/mol. The standard InChI is InChI=1S/C23H32N4O2/c1-23(2,3)29-22(28)26-21-10-13-27(14-11-21)17-19-7-9-20(25-16-19)8-6-18-5-4-12-24-15-18/h4-5,7,9,12,15-16,21H,6,8,10-11,13-14,17H2,1-3H3,(H,26,28). The van der Waals surface area contributed by atoms with Crippen molar-refractivity contribution in [2.24, 2.45) is 0 Å². The van der Waals surface area contributed by atoms with Crippen LogP contribution in [0.3, 0.4) is 0 Å². The monoisotopic (exact) mass is 396 g/mol. The topological polar surface area (TPSA) is 67.3 Å². The number of hydrogen-bond acceptors (Lipinski definition) is 5. The number of amides is 1. The lowest BCUT2D eigenvalue weighted by Gasteiger charge is -2.32. The number of likely N-dealkylation sites (tertiary alicyclic amines) is 1. The van der Waals surface area contributed by atoms with Gasteiger partial charge in [0.05, 0.1) is 0 Å². The molecule has 3 heterocycles. The molecule has 0 bridgehead atoms. The minimum absolute atomic E-state index is 0.189. The number of aromatic nitrogens is 2. The SMILES string of the molecule is CC(C)(C)OC(=O)NC1CCN(Cc2ccc(CCc3cccnc3)nc2)CC1. The molecule has 1 fully saturated rings. The van der Waals surface area contributed by atoms with Crippen LogP contribution in [0.2, 0.25) is 0 Å². The van der Waals surface area contributed by atoms with Gasteiger partial charge in [-0.2, -0.15) is 0 Å². The van der Waals surface area contributed by atoms with Crippen molar-refractivity contribution in [1.29, 1.82) is 0 Å². The van der Waals surface area contributed by atoms with Gasteiger partial charge in [0.1, 0.15) is 5.60 Å². The van der Waals surface area contributed by atoms with Gasteiger partial charge in [-0.3, -0.25) is 14.9 Å². The summed E-state index contributed by atoms with van der Waals surface area (Å²) >= 11 is 0. The lowest BCUT2D eigenvalue weighted by atomic mass is 10.0. The Labute approximate surface area is 173 Å². The van der Waals surface area contributed by atoms with E-state index in [0.717, 1.165) is 51.0 Å². The molecule has 0 aliphatic carbocycles. The van der Waals surface area contributed by atoms with Crippen LogP contribution in [0.15, 0.2) is 42.9 Å². The quantitative estimate of drug-likeness (QED) is 0.805. The van der Waals surface area contributed by atoms with Crippen molar-refractivity contribution in [1.82, 2.24) is 20.2 Å². The van der Waals surface area contributed by atoms with E-state index in [2.05, 4.69) is 38.4 Å². The number of nitrogens with one attached hydrogen (secondary N) is 1. The third kappa shape index (κ3) is 7.46. The summed E-state index contributed by atoms with van der Waals surface area (Å²) in [6.45, 7) is 8.47. The van der Waals surface area contributed by atoms with Gasteiger partial charge in [0.2, 0.25) is 0 Å². The van der Waals surface area contributed by atoms with Crippen LogP contribution in [0.5, 0.6) is 0 Å². The number of carbonyl (C=O) groups excluding carboxylic acids is 1. The number of alkyl carbamates (subject to hydrolysis) is 1. The molecule has 1 aliphatic heterocycles. The third-order valence-electron chi connectivity index (χ3n) is 4.99. The second kappa shape index (κ2) is 9.83. The van der Waals surface area contributed by atoms with E-state index in [1.807, 2.05) is 39.2 Å². The molecular formula is C23H32N4O2. The molecule has 3 rings (SSSR count). The number of nitrogens with zero attached hydrogens (tertiary/aromatic N) is 3. The summed E-state index contributed by atoms with van der Waals surface area (Å²) in [5.41, 5.74) is 3.12. The van der Waals surface area contributed by atoms with E-state index in [1.165, 1.54) is 11.1 Å². The number of hydrogen-bond donors (Lipinski definition) is 1. The molecule has 2 aromatic rings. The molecule has 0 spiro atoms. The molecule has 156 valence electrons. The van der Waals surface area contributed by atoms with Gasteiger partial charge >= 0.3 is 6.09 Å². The van der Waals surface area contributed by atoms with Crippen LogP contribution in [0.25, 0.3) is 0 Å². The molecule has 2 aromatic heterocycles. The summed E-state index contributed by atoms with van der Waals surface area (Å²) in [5.74, 6) is 0. The Bertz CT molecular complexity index is 764. The predicted octanol–water partition coefficient (Wildman–Crippen LogP) is 3.75. The van der Waals surface area contributed by atoms with Crippen LogP contribution in [0, 0.1) is 0 Å². The molecule has 29 heavy (non-hydrogen) atoms. The highest BCUT2D eigenvalue weighted by atomic mass is 16.6. The van der Waals surface area contributed by atoms with Crippen LogP contribution in [-0.2, 0) is 24.1 Å². The molecule has 0 radical (unpaired) electrons. The number of rotatable bonds is 6. The van der Waals surface area contributed by atoms with Gasteiger partial charge in [-0.25, -0.2) is 4.79 Å². The highest BCUT2D eigenvalue weighted by Gasteiger charge is 2.23. The van der Waals surface area contributed by atoms with Crippen molar-refractivity contribution in [3.8, 4) is 0 Å². The first-order valence-corrected chi connectivity index (χ1v) is 10.4. The van der Waals surface area contributed by atoms with Crippen LogP contribution in [0.4, 0.5) is 4.79 Å². The minimum atomic E-state index is -0.456. The molecule has 0 aromatic carbocycles. The van der Waals surface area contributed by atoms with Crippen LogP contribution in [0.1, 0.15) is 50.4 Å². The first-order valence-electron chi connectivity index (χ1n) is 10.4. The average Bonchev–Trinajstić information content (AvgIpc) is 2.68. The molecule has 6 heteroatoms. The summed E-state index contributed by atoms with van der Waals surface area (Å²) in [6, 6.07) is 8.56. The Kier molecular flexibility index (Phi) is 7.20. The Hall–Kier alpha value is -2.47. The Morgan fingerprint density at radius 1 is 1.14 bits per heavy atom. The van der Waals surface area contributed by atoms with E-state index in [0.29, 0.717) is 0 Å².